The van der Waals surface area contributed by atoms with E-state index in [0.717, 1.165) is 32.1 Å². The molecule has 122 valence electrons. The Morgan fingerprint density at radius 2 is 1.86 bits per heavy atom. The van der Waals surface area contributed by atoms with Gasteiger partial charge in [-0.3, -0.25) is 4.79 Å². The summed E-state index contributed by atoms with van der Waals surface area (Å²) >= 11 is 0. The second kappa shape index (κ2) is 8.25. The van der Waals surface area contributed by atoms with Gasteiger partial charge in [-0.2, -0.15) is 0 Å². The Bertz CT molecular complexity index is 349. The molecule has 0 aromatic heterocycles. The van der Waals surface area contributed by atoms with Crippen molar-refractivity contribution in [1.29, 1.82) is 0 Å². The molecule has 1 aliphatic rings. The molecule has 1 fully saturated rings. The third kappa shape index (κ3) is 7.34. The number of hydrogen-bond acceptors (Lipinski definition) is 4. The molecule has 1 rings (SSSR count). The lowest BCUT2D eigenvalue weighted by atomic mass is 9.85. The van der Waals surface area contributed by atoms with E-state index in [-0.39, 0.29) is 24.0 Å². The average molecular weight is 299 g/mol. The summed E-state index contributed by atoms with van der Waals surface area (Å²) in [5.41, 5.74) is -0.498. The first-order chi connectivity index (χ1) is 9.81. The third-order valence-corrected chi connectivity index (χ3v) is 3.52. The van der Waals surface area contributed by atoms with Gasteiger partial charge in [0.15, 0.2) is 0 Å². The lowest BCUT2D eigenvalue weighted by molar-refractivity contribution is -0.145. The van der Waals surface area contributed by atoms with Gasteiger partial charge in [0.2, 0.25) is 0 Å². The monoisotopic (exact) mass is 299 g/mol. The van der Waals surface area contributed by atoms with Crippen molar-refractivity contribution in [3.05, 3.63) is 0 Å². The molecule has 0 spiro atoms. The number of ether oxygens (including phenoxy) is 2. The Kier molecular flexibility index (Phi) is 6.99. The van der Waals surface area contributed by atoms with Gasteiger partial charge >= 0.3 is 12.1 Å². The normalized spacial score (nSPS) is 22.5. The highest BCUT2D eigenvalue weighted by Crippen LogP contribution is 2.25. The van der Waals surface area contributed by atoms with Crippen molar-refractivity contribution in [1.82, 2.24) is 5.32 Å². The Morgan fingerprint density at radius 3 is 2.48 bits per heavy atom. The van der Waals surface area contributed by atoms with E-state index in [1.807, 2.05) is 27.7 Å². The lowest BCUT2D eigenvalue weighted by Crippen LogP contribution is -2.45. The molecule has 1 N–H and O–H groups in total. The van der Waals surface area contributed by atoms with Gasteiger partial charge in [0.05, 0.1) is 6.61 Å². The van der Waals surface area contributed by atoms with Crippen molar-refractivity contribution < 1.29 is 19.1 Å². The van der Waals surface area contributed by atoms with Crippen LogP contribution in [0, 0.1) is 5.92 Å². The summed E-state index contributed by atoms with van der Waals surface area (Å²) in [6.45, 7) is 7.88. The van der Waals surface area contributed by atoms with E-state index in [1.165, 1.54) is 0 Å². The van der Waals surface area contributed by atoms with E-state index in [0.29, 0.717) is 13.0 Å². The molecule has 5 nitrogen and oxygen atoms in total. The molecule has 0 radical (unpaired) electrons. The minimum Gasteiger partial charge on any atom is -0.465 e. The Hall–Kier alpha value is -1.26. The van der Waals surface area contributed by atoms with Crippen molar-refractivity contribution >= 4 is 12.1 Å². The lowest BCUT2D eigenvalue weighted by Gasteiger charge is -2.32. The van der Waals surface area contributed by atoms with E-state index in [2.05, 4.69) is 5.32 Å². The molecule has 5 heteroatoms. The van der Waals surface area contributed by atoms with Gasteiger partial charge in [-0.1, -0.05) is 19.8 Å². The minimum atomic E-state index is -0.498. The number of amides is 1. The quantitative estimate of drug-likeness (QED) is 0.790. The predicted octanol–water partition coefficient (Wildman–Crippen LogP) is 3.41. The van der Waals surface area contributed by atoms with E-state index in [1.54, 1.807) is 0 Å². The first-order valence-corrected chi connectivity index (χ1v) is 7.97. The fraction of sp³-hybridized carbons (Fsp3) is 0.875. The molecule has 0 bridgehead atoms. The topological polar surface area (TPSA) is 64.6 Å². The summed E-state index contributed by atoms with van der Waals surface area (Å²) in [4.78, 5) is 23.3. The van der Waals surface area contributed by atoms with Crippen molar-refractivity contribution in [2.75, 3.05) is 6.61 Å². The van der Waals surface area contributed by atoms with E-state index in [4.69, 9.17) is 9.47 Å². The van der Waals surface area contributed by atoms with Gasteiger partial charge in [0, 0.05) is 18.4 Å². The summed E-state index contributed by atoms with van der Waals surface area (Å²) < 4.78 is 10.6. The molecule has 21 heavy (non-hydrogen) atoms. The van der Waals surface area contributed by atoms with Gasteiger partial charge in [-0.25, -0.2) is 4.79 Å². The van der Waals surface area contributed by atoms with E-state index in [9.17, 15) is 9.59 Å². The molecular formula is C16H29NO4. The second-order valence-electron chi connectivity index (χ2n) is 6.73. The molecule has 1 saturated carbocycles. The van der Waals surface area contributed by atoms with Crippen LogP contribution >= 0.6 is 0 Å². The van der Waals surface area contributed by atoms with Crippen LogP contribution in [0.4, 0.5) is 4.79 Å². The van der Waals surface area contributed by atoms with Crippen LogP contribution in [0.15, 0.2) is 0 Å². The number of esters is 1. The van der Waals surface area contributed by atoms with Gasteiger partial charge in [0.25, 0.3) is 0 Å². The first kappa shape index (κ1) is 17.8. The zero-order chi connectivity index (χ0) is 15.9. The molecule has 1 aliphatic carbocycles. The average Bonchev–Trinajstić information content (AvgIpc) is 2.35. The van der Waals surface area contributed by atoms with Gasteiger partial charge in [-0.05, 0) is 40.0 Å². The summed E-state index contributed by atoms with van der Waals surface area (Å²) in [7, 11) is 0. The standard InChI is InChI=1S/C16H29NO4/c1-5-8-14(18)20-11-12-9-6-7-10-13(12)17-15(19)21-16(2,3)4/h12-13H,5-11H2,1-4H3,(H,17,19)/t12-,13-/m0/s1. The Morgan fingerprint density at radius 1 is 1.19 bits per heavy atom. The Labute approximate surface area is 127 Å². The highest BCUT2D eigenvalue weighted by Gasteiger charge is 2.29. The molecule has 0 heterocycles. The third-order valence-electron chi connectivity index (χ3n) is 3.52. The number of carbonyl (C=O) groups excluding carboxylic acids is 2. The van der Waals surface area contributed by atoms with Crippen LogP contribution < -0.4 is 5.32 Å². The minimum absolute atomic E-state index is 0.0306. The molecule has 0 aliphatic heterocycles. The van der Waals surface area contributed by atoms with Crippen molar-refractivity contribution in [3.8, 4) is 0 Å². The SMILES string of the molecule is CCCC(=O)OC[C@@H]1CCCC[C@@H]1NC(=O)OC(C)(C)C. The van der Waals surface area contributed by atoms with Crippen LogP contribution in [0.2, 0.25) is 0 Å². The van der Waals surface area contributed by atoms with E-state index < -0.39 is 5.60 Å². The number of nitrogens with one attached hydrogen (secondary N) is 1. The highest BCUT2D eigenvalue weighted by molar-refractivity contribution is 5.69. The molecular weight excluding hydrogens is 270 g/mol. The summed E-state index contributed by atoms with van der Waals surface area (Å²) in [6, 6.07) is 0.0306. The van der Waals surface area contributed by atoms with Crippen LogP contribution in [0.25, 0.3) is 0 Å². The Balaban J connectivity index is 2.45. The van der Waals surface area contributed by atoms with Crippen molar-refractivity contribution in [3.63, 3.8) is 0 Å². The van der Waals surface area contributed by atoms with Crippen LogP contribution in [0.3, 0.4) is 0 Å². The first-order valence-electron chi connectivity index (χ1n) is 7.97. The molecule has 0 saturated heterocycles. The summed E-state index contributed by atoms with van der Waals surface area (Å²) in [5, 5.41) is 2.93. The van der Waals surface area contributed by atoms with E-state index >= 15 is 0 Å². The maximum atomic E-state index is 11.9. The number of alkyl carbamates (subject to hydrolysis) is 1. The summed E-state index contributed by atoms with van der Waals surface area (Å²) in [6.07, 6.45) is 4.94. The number of carbonyl (C=O) groups is 2. The maximum absolute atomic E-state index is 11.9. The van der Waals surface area contributed by atoms with Gasteiger partial charge in [0.1, 0.15) is 5.60 Å². The fourth-order valence-electron chi connectivity index (χ4n) is 2.53. The zero-order valence-electron chi connectivity index (χ0n) is 13.7. The number of rotatable bonds is 5. The van der Waals surface area contributed by atoms with Crippen LogP contribution in [0.5, 0.6) is 0 Å². The van der Waals surface area contributed by atoms with Crippen LogP contribution in [-0.2, 0) is 14.3 Å². The molecule has 0 aromatic rings. The van der Waals surface area contributed by atoms with Gasteiger partial charge < -0.3 is 14.8 Å². The van der Waals surface area contributed by atoms with Crippen molar-refractivity contribution in [2.45, 2.75) is 77.9 Å². The van der Waals surface area contributed by atoms with Crippen LogP contribution in [-0.4, -0.2) is 30.3 Å². The maximum Gasteiger partial charge on any atom is 0.407 e. The smallest absolute Gasteiger partial charge is 0.407 e. The highest BCUT2D eigenvalue weighted by atomic mass is 16.6. The predicted molar refractivity (Wildman–Crippen MR) is 81.0 cm³/mol. The number of hydrogen-bond donors (Lipinski definition) is 1. The van der Waals surface area contributed by atoms with Crippen LogP contribution in [0.1, 0.15) is 66.2 Å². The van der Waals surface area contributed by atoms with Crippen molar-refractivity contribution in [2.24, 2.45) is 5.92 Å². The van der Waals surface area contributed by atoms with Gasteiger partial charge in [-0.15, -0.1) is 0 Å². The summed E-state index contributed by atoms with van der Waals surface area (Å²) in [5.74, 6) is 0.0335. The molecule has 2 atom stereocenters. The second-order valence-corrected chi connectivity index (χ2v) is 6.73. The largest absolute Gasteiger partial charge is 0.465 e. The zero-order valence-corrected chi connectivity index (χ0v) is 13.7. The fourth-order valence-corrected chi connectivity index (χ4v) is 2.53. The molecule has 1 amide bonds. The molecule has 0 unspecified atom stereocenters. The molecule has 0 aromatic carbocycles.